The Labute approximate surface area is 132 Å². The summed E-state index contributed by atoms with van der Waals surface area (Å²) >= 11 is 0. The second-order valence-electron chi connectivity index (χ2n) is 5.69. The second-order valence-corrected chi connectivity index (χ2v) is 7.38. The summed E-state index contributed by atoms with van der Waals surface area (Å²) in [4.78, 5) is 15.8. The number of likely N-dealkylation sites (tertiary alicyclic amines) is 1. The zero-order valence-corrected chi connectivity index (χ0v) is 13.9. The number of urea groups is 1. The Balaban J connectivity index is 1.90. The highest BCUT2D eigenvalue weighted by molar-refractivity contribution is 7.90. The molecular weight excluding hydrogens is 302 g/mol. The average molecular weight is 325 g/mol. The maximum Gasteiger partial charge on any atom is 0.331 e. The van der Waals surface area contributed by atoms with Gasteiger partial charge >= 0.3 is 6.03 Å². The van der Waals surface area contributed by atoms with Crippen molar-refractivity contribution in [1.29, 1.82) is 0 Å². The van der Waals surface area contributed by atoms with E-state index in [4.69, 9.17) is 0 Å². The fraction of sp³-hybridized carbons (Fsp3) is 0.533. The molecule has 0 aromatic heterocycles. The quantitative estimate of drug-likeness (QED) is 0.889. The van der Waals surface area contributed by atoms with Gasteiger partial charge in [0.1, 0.15) is 0 Å². The van der Waals surface area contributed by atoms with Gasteiger partial charge in [-0.25, -0.2) is 17.9 Å². The lowest BCUT2D eigenvalue weighted by Crippen LogP contribution is -2.43. The molecule has 122 valence electrons. The van der Waals surface area contributed by atoms with E-state index in [1.807, 2.05) is 6.92 Å². The molecular formula is C15H23N3O3S. The van der Waals surface area contributed by atoms with Crippen LogP contribution in [0.3, 0.4) is 0 Å². The third-order valence-corrected chi connectivity index (χ3v) is 5.19. The first-order chi connectivity index (χ1) is 10.4. The van der Waals surface area contributed by atoms with Gasteiger partial charge in [-0.3, -0.25) is 0 Å². The van der Waals surface area contributed by atoms with Gasteiger partial charge in [-0.1, -0.05) is 17.7 Å². The molecule has 22 heavy (non-hydrogen) atoms. The molecule has 2 amide bonds. The predicted molar refractivity (Wildman–Crippen MR) is 85.2 cm³/mol. The standard InChI is InChI=1S/C15H23N3O3S/c1-13-5-7-14(8-6-13)22(20,21)16-15(19)17(2)11-12-18-9-3-4-10-18/h5-8H,3-4,9-12H2,1-2H3,(H,16,19). The van der Waals surface area contributed by atoms with Crippen LogP contribution < -0.4 is 4.72 Å². The molecule has 0 aliphatic carbocycles. The molecule has 1 heterocycles. The third-order valence-electron chi connectivity index (χ3n) is 3.85. The Hall–Kier alpha value is -1.60. The van der Waals surface area contributed by atoms with Crippen LogP contribution in [-0.2, 0) is 10.0 Å². The summed E-state index contributed by atoms with van der Waals surface area (Å²) in [6.07, 6.45) is 2.38. The van der Waals surface area contributed by atoms with Crippen molar-refractivity contribution in [3.05, 3.63) is 29.8 Å². The van der Waals surface area contributed by atoms with Gasteiger partial charge in [0.05, 0.1) is 4.90 Å². The Morgan fingerprint density at radius 2 is 1.82 bits per heavy atom. The van der Waals surface area contributed by atoms with Crippen molar-refractivity contribution in [2.75, 3.05) is 33.2 Å². The Morgan fingerprint density at radius 1 is 1.23 bits per heavy atom. The number of hydrogen-bond donors (Lipinski definition) is 1. The van der Waals surface area contributed by atoms with Crippen LogP contribution in [0.5, 0.6) is 0 Å². The van der Waals surface area contributed by atoms with Gasteiger partial charge in [-0.2, -0.15) is 0 Å². The first-order valence-electron chi connectivity index (χ1n) is 7.45. The summed E-state index contributed by atoms with van der Waals surface area (Å²) < 4.78 is 26.4. The van der Waals surface area contributed by atoms with Crippen LogP contribution in [-0.4, -0.2) is 57.5 Å². The number of amides is 2. The molecule has 0 atom stereocenters. The minimum Gasteiger partial charge on any atom is -0.326 e. The molecule has 1 aromatic rings. The van der Waals surface area contributed by atoms with Crippen LogP contribution in [0.4, 0.5) is 4.79 Å². The first kappa shape index (κ1) is 16.8. The molecule has 6 nitrogen and oxygen atoms in total. The summed E-state index contributed by atoms with van der Waals surface area (Å²) in [5, 5.41) is 0. The monoisotopic (exact) mass is 325 g/mol. The van der Waals surface area contributed by atoms with E-state index in [1.165, 1.54) is 29.9 Å². The van der Waals surface area contributed by atoms with Crippen molar-refractivity contribution in [3.63, 3.8) is 0 Å². The van der Waals surface area contributed by atoms with Crippen LogP contribution in [0.15, 0.2) is 29.2 Å². The first-order valence-corrected chi connectivity index (χ1v) is 8.94. The SMILES string of the molecule is Cc1ccc(S(=O)(=O)NC(=O)N(C)CCN2CCCC2)cc1. The molecule has 0 unspecified atom stereocenters. The smallest absolute Gasteiger partial charge is 0.326 e. The predicted octanol–water partition coefficient (Wildman–Crippen LogP) is 1.42. The van der Waals surface area contributed by atoms with Crippen molar-refractivity contribution < 1.29 is 13.2 Å². The van der Waals surface area contributed by atoms with E-state index in [0.717, 1.165) is 25.2 Å². The second kappa shape index (κ2) is 7.11. The number of rotatable bonds is 5. The number of nitrogens with zero attached hydrogens (tertiary/aromatic N) is 2. The summed E-state index contributed by atoms with van der Waals surface area (Å²) in [7, 11) is -2.21. The van der Waals surface area contributed by atoms with E-state index in [9.17, 15) is 13.2 Å². The average Bonchev–Trinajstić information content (AvgIpc) is 2.98. The van der Waals surface area contributed by atoms with E-state index in [1.54, 1.807) is 19.2 Å². The highest BCUT2D eigenvalue weighted by Crippen LogP contribution is 2.10. The fourth-order valence-electron chi connectivity index (χ4n) is 2.37. The molecule has 1 N–H and O–H groups in total. The van der Waals surface area contributed by atoms with Gasteiger partial charge in [0, 0.05) is 20.1 Å². The van der Waals surface area contributed by atoms with Gasteiger partial charge in [0.25, 0.3) is 10.0 Å². The Bertz CT molecular complexity index is 607. The molecule has 0 saturated carbocycles. The number of hydrogen-bond acceptors (Lipinski definition) is 4. The van der Waals surface area contributed by atoms with Crippen LogP contribution in [0.1, 0.15) is 18.4 Å². The number of carbonyl (C=O) groups is 1. The lowest BCUT2D eigenvalue weighted by molar-refractivity contribution is 0.206. The minimum atomic E-state index is -3.81. The molecule has 1 fully saturated rings. The van der Waals surface area contributed by atoms with Gasteiger partial charge in [-0.05, 0) is 45.0 Å². The number of aryl methyl sites for hydroxylation is 1. The van der Waals surface area contributed by atoms with E-state index < -0.39 is 16.1 Å². The zero-order valence-electron chi connectivity index (χ0n) is 13.1. The van der Waals surface area contributed by atoms with Gasteiger partial charge in [-0.15, -0.1) is 0 Å². The van der Waals surface area contributed by atoms with Crippen molar-refractivity contribution in [1.82, 2.24) is 14.5 Å². The molecule has 1 aliphatic heterocycles. The zero-order chi connectivity index (χ0) is 16.2. The lowest BCUT2D eigenvalue weighted by atomic mass is 10.2. The fourth-order valence-corrected chi connectivity index (χ4v) is 3.37. The molecule has 1 aliphatic rings. The number of nitrogens with one attached hydrogen (secondary N) is 1. The van der Waals surface area contributed by atoms with Crippen LogP contribution in [0.2, 0.25) is 0 Å². The number of sulfonamides is 1. The van der Waals surface area contributed by atoms with E-state index in [-0.39, 0.29) is 4.90 Å². The number of benzene rings is 1. The minimum absolute atomic E-state index is 0.0967. The summed E-state index contributed by atoms with van der Waals surface area (Å²) in [5.41, 5.74) is 0.966. The highest BCUT2D eigenvalue weighted by atomic mass is 32.2. The Kier molecular flexibility index (Phi) is 5.42. The van der Waals surface area contributed by atoms with Crippen LogP contribution >= 0.6 is 0 Å². The largest absolute Gasteiger partial charge is 0.331 e. The molecule has 1 saturated heterocycles. The van der Waals surface area contributed by atoms with Crippen LogP contribution in [0.25, 0.3) is 0 Å². The highest BCUT2D eigenvalue weighted by Gasteiger charge is 2.20. The van der Waals surface area contributed by atoms with Gasteiger partial charge in [0.2, 0.25) is 0 Å². The molecule has 0 spiro atoms. The molecule has 2 rings (SSSR count). The van der Waals surface area contributed by atoms with E-state index >= 15 is 0 Å². The van der Waals surface area contributed by atoms with Crippen molar-refractivity contribution in [3.8, 4) is 0 Å². The van der Waals surface area contributed by atoms with Crippen molar-refractivity contribution in [2.45, 2.75) is 24.7 Å². The summed E-state index contributed by atoms with van der Waals surface area (Å²) in [5.74, 6) is 0. The van der Waals surface area contributed by atoms with Crippen LogP contribution in [0, 0.1) is 6.92 Å². The third kappa shape index (κ3) is 4.45. The number of likely N-dealkylation sites (N-methyl/N-ethyl adjacent to an activating group) is 1. The molecule has 7 heteroatoms. The Morgan fingerprint density at radius 3 is 2.41 bits per heavy atom. The normalized spacial score (nSPS) is 15.7. The maximum absolute atomic E-state index is 12.1. The molecule has 0 radical (unpaired) electrons. The van der Waals surface area contributed by atoms with Gasteiger partial charge < -0.3 is 9.80 Å². The van der Waals surface area contributed by atoms with E-state index in [0.29, 0.717) is 6.54 Å². The summed E-state index contributed by atoms with van der Waals surface area (Å²) in [6.45, 7) is 5.26. The van der Waals surface area contributed by atoms with Gasteiger partial charge in [0.15, 0.2) is 0 Å². The summed E-state index contributed by atoms with van der Waals surface area (Å²) in [6, 6.07) is 5.80. The maximum atomic E-state index is 12.1. The van der Waals surface area contributed by atoms with E-state index in [2.05, 4.69) is 9.62 Å². The topological polar surface area (TPSA) is 69.7 Å². The molecule has 1 aromatic carbocycles. The molecule has 0 bridgehead atoms. The number of carbonyl (C=O) groups excluding carboxylic acids is 1. The lowest BCUT2D eigenvalue weighted by Gasteiger charge is -2.21. The van der Waals surface area contributed by atoms with Crippen molar-refractivity contribution >= 4 is 16.1 Å². The van der Waals surface area contributed by atoms with Crippen molar-refractivity contribution in [2.24, 2.45) is 0 Å².